The Labute approximate surface area is 232 Å². The molecule has 0 saturated carbocycles. The van der Waals surface area contributed by atoms with E-state index in [2.05, 4.69) is 0 Å². The van der Waals surface area contributed by atoms with Crippen molar-refractivity contribution < 1.29 is 19.1 Å². The summed E-state index contributed by atoms with van der Waals surface area (Å²) in [5, 5.41) is 1.00. The highest BCUT2D eigenvalue weighted by Crippen LogP contribution is 2.36. The van der Waals surface area contributed by atoms with Crippen LogP contribution in [0.3, 0.4) is 0 Å². The van der Waals surface area contributed by atoms with Crippen molar-refractivity contribution >= 4 is 46.7 Å². The van der Waals surface area contributed by atoms with Gasteiger partial charge in [0.25, 0.3) is 0 Å². The van der Waals surface area contributed by atoms with Crippen LogP contribution in [0.25, 0.3) is 11.5 Å². The molecule has 0 amide bonds. The number of carbonyl (C=O) groups excluding carboxylic acids is 2. The zero-order valence-corrected chi connectivity index (χ0v) is 23.0. The molecule has 6 heteroatoms. The van der Waals surface area contributed by atoms with Gasteiger partial charge in [-0.3, -0.25) is 0 Å². The fraction of sp³-hybridized carbons (Fsp3) is 0.125. The third kappa shape index (κ3) is 5.99. The molecule has 0 bridgehead atoms. The minimum atomic E-state index is -0.606. The third-order valence-corrected chi connectivity index (χ3v) is 6.68. The van der Waals surface area contributed by atoms with E-state index in [9.17, 15) is 9.59 Å². The molecule has 4 aromatic rings. The van der Waals surface area contributed by atoms with Crippen LogP contribution in [-0.4, -0.2) is 11.9 Å². The maximum Gasteiger partial charge on any atom is 0.343 e. The molecule has 0 unspecified atom stereocenters. The first-order valence-electron chi connectivity index (χ1n) is 12.0. The van der Waals surface area contributed by atoms with Gasteiger partial charge in [0, 0.05) is 21.2 Å². The Balaban J connectivity index is 1.97. The normalized spacial score (nSPS) is 11.5. The van der Waals surface area contributed by atoms with Crippen molar-refractivity contribution in [3.63, 3.8) is 0 Å². The SMILES string of the molecule is Cc1cccc(C)c1/C(OC(=O)c1ccc(Cl)cc1)=C(\OC(=O)c1ccc(Cl)cc1)c1c(C)cccc1C. The lowest BCUT2D eigenvalue weighted by Crippen LogP contribution is -2.13. The van der Waals surface area contributed by atoms with E-state index in [0.29, 0.717) is 32.3 Å². The molecule has 0 aromatic heterocycles. The largest absolute Gasteiger partial charge is 0.418 e. The quantitative estimate of drug-likeness (QED) is 0.138. The number of hydrogen-bond donors (Lipinski definition) is 0. The van der Waals surface area contributed by atoms with Crippen LogP contribution in [0.1, 0.15) is 54.1 Å². The van der Waals surface area contributed by atoms with Gasteiger partial charge in [-0.05, 0) is 98.5 Å². The molecule has 0 aliphatic rings. The summed E-state index contributed by atoms with van der Waals surface area (Å²) in [7, 11) is 0. The molecule has 38 heavy (non-hydrogen) atoms. The van der Waals surface area contributed by atoms with Gasteiger partial charge in [0.15, 0.2) is 11.5 Å². The first-order chi connectivity index (χ1) is 18.2. The fourth-order valence-electron chi connectivity index (χ4n) is 4.24. The van der Waals surface area contributed by atoms with Crippen LogP contribution in [0, 0.1) is 27.7 Å². The van der Waals surface area contributed by atoms with Gasteiger partial charge in [0.2, 0.25) is 0 Å². The average Bonchev–Trinajstić information content (AvgIpc) is 2.88. The fourth-order valence-corrected chi connectivity index (χ4v) is 4.49. The first kappa shape index (κ1) is 27.2. The zero-order chi connectivity index (χ0) is 27.4. The van der Waals surface area contributed by atoms with E-state index in [1.807, 2.05) is 64.1 Å². The number of hydrogen-bond acceptors (Lipinski definition) is 4. The summed E-state index contributed by atoms with van der Waals surface area (Å²) in [4.78, 5) is 26.8. The minimum absolute atomic E-state index is 0.153. The molecular formula is C32H26Cl2O4. The molecule has 0 N–H and O–H groups in total. The Morgan fingerprint density at radius 2 is 0.789 bits per heavy atom. The van der Waals surface area contributed by atoms with Crippen molar-refractivity contribution in [1.82, 2.24) is 0 Å². The molecule has 4 nitrogen and oxygen atoms in total. The summed E-state index contributed by atoms with van der Waals surface area (Å²) < 4.78 is 12.2. The maximum atomic E-state index is 13.4. The lowest BCUT2D eigenvalue weighted by atomic mass is 9.95. The second-order valence-corrected chi connectivity index (χ2v) is 9.86. The van der Waals surface area contributed by atoms with Crippen molar-refractivity contribution in [2.75, 3.05) is 0 Å². The van der Waals surface area contributed by atoms with E-state index in [0.717, 1.165) is 22.3 Å². The Hall–Kier alpha value is -3.86. The summed E-state index contributed by atoms with van der Waals surface area (Å²) in [6.45, 7) is 7.67. The van der Waals surface area contributed by atoms with Crippen molar-refractivity contribution in [2.24, 2.45) is 0 Å². The van der Waals surface area contributed by atoms with Crippen LogP contribution in [-0.2, 0) is 9.47 Å². The molecule has 0 aliphatic carbocycles. The Morgan fingerprint density at radius 1 is 0.500 bits per heavy atom. The van der Waals surface area contributed by atoms with Gasteiger partial charge in [-0.25, -0.2) is 9.59 Å². The average molecular weight is 545 g/mol. The van der Waals surface area contributed by atoms with Crippen LogP contribution in [0.4, 0.5) is 0 Å². The van der Waals surface area contributed by atoms with Crippen LogP contribution in [0.2, 0.25) is 10.0 Å². The Morgan fingerprint density at radius 3 is 1.08 bits per heavy atom. The lowest BCUT2D eigenvalue weighted by Gasteiger charge is -2.21. The van der Waals surface area contributed by atoms with Crippen molar-refractivity contribution in [1.29, 1.82) is 0 Å². The summed E-state index contributed by atoms with van der Waals surface area (Å²) >= 11 is 12.0. The van der Waals surface area contributed by atoms with Crippen molar-refractivity contribution in [3.8, 4) is 0 Å². The Kier molecular flexibility index (Phi) is 8.35. The summed E-state index contributed by atoms with van der Waals surface area (Å²) in [5.74, 6) is -0.906. The van der Waals surface area contributed by atoms with E-state index >= 15 is 0 Å². The smallest absolute Gasteiger partial charge is 0.343 e. The molecular weight excluding hydrogens is 519 g/mol. The Bertz CT molecular complexity index is 1380. The van der Waals surface area contributed by atoms with Crippen molar-refractivity contribution in [3.05, 3.63) is 139 Å². The lowest BCUT2D eigenvalue weighted by molar-refractivity contribution is 0.0646. The van der Waals surface area contributed by atoms with E-state index in [4.69, 9.17) is 32.7 Å². The molecule has 4 rings (SSSR count). The van der Waals surface area contributed by atoms with Crippen LogP contribution in [0.5, 0.6) is 0 Å². The summed E-state index contributed by atoms with van der Waals surface area (Å²) in [5.41, 5.74) is 5.37. The van der Waals surface area contributed by atoms with Crippen LogP contribution < -0.4 is 0 Å². The molecule has 0 atom stereocenters. The van der Waals surface area contributed by atoms with Gasteiger partial charge in [-0.1, -0.05) is 59.6 Å². The number of aryl methyl sites for hydroxylation is 4. The molecule has 0 saturated heterocycles. The maximum absolute atomic E-state index is 13.4. The monoisotopic (exact) mass is 544 g/mol. The van der Waals surface area contributed by atoms with E-state index in [1.54, 1.807) is 48.5 Å². The van der Waals surface area contributed by atoms with Crippen LogP contribution in [0.15, 0.2) is 84.9 Å². The van der Waals surface area contributed by atoms with Crippen LogP contribution >= 0.6 is 23.2 Å². The second kappa shape index (κ2) is 11.7. The molecule has 0 fully saturated rings. The van der Waals surface area contributed by atoms with Gasteiger partial charge in [0.05, 0.1) is 11.1 Å². The highest BCUT2D eigenvalue weighted by Gasteiger charge is 2.27. The molecule has 0 heterocycles. The van der Waals surface area contributed by atoms with E-state index < -0.39 is 11.9 Å². The first-order valence-corrected chi connectivity index (χ1v) is 12.7. The number of esters is 2. The highest BCUT2D eigenvalue weighted by molar-refractivity contribution is 6.31. The van der Waals surface area contributed by atoms with E-state index in [1.165, 1.54) is 0 Å². The van der Waals surface area contributed by atoms with Gasteiger partial charge in [-0.15, -0.1) is 0 Å². The highest BCUT2D eigenvalue weighted by atomic mass is 35.5. The number of carbonyl (C=O) groups is 2. The summed E-state index contributed by atoms with van der Waals surface area (Å²) in [6.07, 6.45) is 0. The number of ether oxygens (including phenoxy) is 2. The number of halogens is 2. The molecule has 0 radical (unpaired) electrons. The zero-order valence-electron chi connectivity index (χ0n) is 21.5. The molecule has 4 aromatic carbocycles. The number of benzene rings is 4. The predicted molar refractivity (Wildman–Crippen MR) is 152 cm³/mol. The summed E-state index contributed by atoms with van der Waals surface area (Å²) in [6, 6.07) is 24.3. The number of rotatable bonds is 6. The minimum Gasteiger partial charge on any atom is -0.418 e. The standard InChI is InChI=1S/C32H26Cl2O4/c1-19-7-5-8-20(2)27(19)29(37-31(35)23-11-15-25(33)16-12-23)30(28-21(3)9-6-10-22(28)4)38-32(36)24-13-17-26(34)18-14-24/h5-18H,1-4H3/b30-29+. The molecule has 192 valence electrons. The van der Waals surface area contributed by atoms with E-state index in [-0.39, 0.29) is 11.5 Å². The van der Waals surface area contributed by atoms with Crippen molar-refractivity contribution in [2.45, 2.75) is 27.7 Å². The molecule has 0 spiro atoms. The topological polar surface area (TPSA) is 52.6 Å². The molecule has 0 aliphatic heterocycles. The second-order valence-electron chi connectivity index (χ2n) is 8.98. The van der Waals surface area contributed by atoms with Gasteiger partial charge < -0.3 is 9.47 Å². The van der Waals surface area contributed by atoms with Gasteiger partial charge in [-0.2, -0.15) is 0 Å². The predicted octanol–water partition coefficient (Wildman–Crippen LogP) is 8.77. The van der Waals surface area contributed by atoms with Gasteiger partial charge >= 0.3 is 11.9 Å². The third-order valence-electron chi connectivity index (χ3n) is 6.17. The van der Waals surface area contributed by atoms with Gasteiger partial charge in [0.1, 0.15) is 0 Å².